The van der Waals surface area contributed by atoms with Gasteiger partial charge in [0.15, 0.2) is 0 Å². The summed E-state index contributed by atoms with van der Waals surface area (Å²) in [6, 6.07) is 6.04. The van der Waals surface area contributed by atoms with E-state index >= 15 is 0 Å². The second-order valence-electron chi connectivity index (χ2n) is 4.16. The number of hydrogen-bond acceptors (Lipinski definition) is 4. The summed E-state index contributed by atoms with van der Waals surface area (Å²) in [5, 5.41) is 16.5. The maximum atomic E-state index is 11.6. The van der Waals surface area contributed by atoms with Crippen molar-refractivity contribution in [2.45, 2.75) is 19.8 Å². The van der Waals surface area contributed by atoms with E-state index in [0.717, 1.165) is 25.1 Å². The zero-order valence-electron chi connectivity index (χ0n) is 11.0. The predicted molar refractivity (Wildman–Crippen MR) is 73.0 cm³/mol. The summed E-state index contributed by atoms with van der Waals surface area (Å²) in [5.41, 5.74) is 0.810. The van der Waals surface area contributed by atoms with Crippen LogP contribution < -0.4 is 10.6 Å². The first-order valence-electron chi connectivity index (χ1n) is 6.34. The highest BCUT2D eigenvalue weighted by atomic mass is 16.6. The summed E-state index contributed by atoms with van der Waals surface area (Å²) in [7, 11) is 0. The first kappa shape index (κ1) is 15.1. The van der Waals surface area contributed by atoms with Crippen LogP contribution in [0, 0.1) is 10.1 Å². The van der Waals surface area contributed by atoms with Crippen molar-refractivity contribution in [3.05, 3.63) is 39.9 Å². The number of carbonyl (C=O) groups is 1. The number of benzene rings is 1. The number of rotatable bonds is 8. The van der Waals surface area contributed by atoms with Crippen LogP contribution in [0.15, 0.2) is 24.3 Å². The Hall–Kier alpha value is -1.95. The van der Waals surface area contributed by atoms with Crippen LogP contribution in [-0.2, 0) is 11.2 Å². The van der Waals surface area contributed by atoms with Crippen LogP contribution in [0.1, 0.15) is 18.9 Å². The maximum Gasteiger partial charge on any atom is 0.269 e. The number of amides is 1. The molecule has 0 unspecified atom stereocenters. The molecule has 0 heterocycles. The number of nitro benzene ring substituents is 1. The van der Waals surface area contributed by atoms with Gasteiger partial charge in [0.2, 0.25) is 5.91 Å². The summed E-state index contributed by atoms with van der Waals surface area (Å²) in [5.74, 6) is -0.0645. The second-order valence-corrected chi connectivity index (χ2v) is 4.16. The number of nitrogens with zero attached hydrogens (tertiary/aromatic N) is 1. The first-order chi connectivity index (χ1) is 9.13. The van der Waals surface area contributed by atoms with Gasteiger partial charge in [-0.25, -0.2) is 0 Å². The number of hydrogen-bond donors (Lipinski definition) is 2. The molecule has 0 saturated carbocycles. The van der Waals surface area contributed by atoms with Crippen molar-refractivity contribution in [1.29, 1.82) is 0 Å². The molecule has 0 atom stereocenters. The highest BCUT2D eigenvalue weighted by molar-refractivity contribution is 5.78. The van der Waals surface area contributed by atoms with Gasteiger partial charge >= 0.3 is 0 Å². The van der Waals surface area contributed by atoms with Gasteiger partial charge in [-0.05, 0) is 25.1 Å². The molecule has 0 aliphatic rings. The topological polar surface area (TPSA) is 84.3 Å². The molecule has 0 saturated heterocycles. The van der Waals surface area contributed by atoms with Crippen molar-refractivity contribution in [3.63, 3.8) is 0 Å². The highest BCUT2D eigenvalue weighted by Gasteiger charge is 2.06. The van der Waals surface area contributed by atoms with Gasteiger partial charge in [0.05, 0.1) is 11.3 Å². The third-order valence-electron chi connectivity index (χ3n) is 2.61. The largest absolute Gasteiger partial charge is 0.356 e. The molecule has 1 aromatic carbocycles. The first-order valence-corrected chi connectivity index (χ1v) is 6.34. The van der Waals surface area contributed by atoms with Crippen molar-refractivity contribution in [2.75, 3.05) is 19.6 Å². The molecule has 1 aromatic rings. The van der Waals surface area contributed by atoms with Gasteiger partial charge in [0, 0.05) is 18.7 Å². The van der Waals surface area contributed by atoms with Gasteiger partial charge in [-0.3, -0.25) is 14.9 Å². The lowest BCUT2D eigenvalue weighted by molar-refractivity contribution is -0.384. The number of nitrogens with one attached hydrogen (secondary N) is 2. The normalized spacial score (nSPS) is 10.2. The SMILES string of the molecule is CCNCCCNC(=O)Cc1ccc([N+](=O)[O-])cc1. The van der Waals surface area contributed by atoms with Crippen molar-refractivity contribution in [1.82, 2.24) is 10.6 Å². The third-order valence-corrected chi connectivity index (χ3v) is 2.61. The Balaban J connectivity index is 2.30. The van der Waals surface area contributed by atoms with Crippen molar-refractivity contribution >= 4 is 11.6 Å². The molecule has 104 valence electrons. The minimum Gasteiger partial charge on any atom is -0.356 e. The lowest BCUT2D eigenvalue weighted by atomic mass is 10.1. The summed E-state index contributed by atoms with van der Waals surface area (Å²) in [6.07, 6.45) is 1.14. The average molecular weight is 265 g/mol. The van der Waals surface area contributed by atoms with E-state index in [9.17, 15) is 14.9 Å². The van der Waals surface area contributed by atoms with E-state index < -0.39 is 4.92 Å². The third kappa shape index (κ3) is 5.96. The fourth-order valence-electron chi connectivity index (χ4n) is 1.60. The molecule has 6 heteroatoms. The number of carbonyl (C=O) groups excluding carboxylic acids is 1. The molecule has 0 aromatic heterocycles. The van der Waals surface area contributed by atoms with E-state index in [4.69, 9.17) is 0 Å². The molecule has 0 aliphatic heterocycles. The van der Waals surface area contributed by atoms with E-state index in [-0.39, 0.29) is 18.0 Å². The van der Waals surface area contributed by atoms with E-state index in [1.54, 1.807) is 12.1 Å². The van der Waals surface area contributed by atoms with E-state index in [1.807, 2.05) is 6.92 Å². The van der Waals surface area contributed by atoms with Crippen molar-refractivity contribution in [2.24, 2.45) is 0 Å². The molecule has 0 spiro atoms. The Morgan fingerprint density at radius 3 is 2.53 bits per heavy atom. The molecule has 6 nitrogen and oxygen atoms in total. The molecule has 2 N–H and O–H groups in total. The van der Waals surface area contributed by atoms with Crippen LogP contribution >= 0.6 is 0 Å². The zero-order chi connectivity index (χ0) is 14.1. The van der Waals surface area contributed by atoms with Gasteiger partial charge in [-0.2, -0.15) is 0 Å². The predicted octanol–water partition coefficient (Wildman–Crippen LogP) is 1.25. The van der Waals surface area contributed by atoms with Crippen LogP contribution in [0.4, 0.5) is 5.69 Å². The second kappa shape index (κ2) is 8.20. The minimum atomic E-state index is -0.454. The van der Waals surface area contributed by atoms with Gasteiger partial charge in [0.25, 0.3) is 5.69 Å². The summed E-state index contributed by atoms with van der Waals surface area (Å²) >= 11 is 0. The van der Waals surface area contributed by atoms with Crippen molar-refractivity contribution in [3.8, 4) is 0 Å². The quantitative estimate of drug-likeness (QED) is 0.421. The zero-order valence-corrected chi connectivity index (χ0v) is 11.0. The van der Waals surface area contributed by atoms with E-state index in [2.05, 4.69) is 10.6 Å². The smallest absolute Gasteiger partial charge is 0.269 e. The molecule has 0 aliphatic carbocycles. The number of non-ortho nitro benzene ring substituents is 1. The van der Waals surface area contributed by atoms with E-state index in [0.29, 0.717) is 6.54 Å². The standard InChI is InChI=1S/C13H19N3O3/c1-2-14-8-3-9-15-13(17)10-11-4-6-12(7-5-11)16(18)19/h4-7,14H,2-3,8-10H2,1H3,(H,15,17). The van der Waals surface area contributed by atoms with Crippen LogP contribution in [0.3, 0.4) is 0 Å². The minimum absolute atomic E-state index is 0.0369. The summed E-state index contributed by atoms with van der Waals surface area (Å²) in [6.45, 7) is 4.48. The fourth-order valence-corrected chi connectivity index (χ4v) is 1.60. The van der Waals surface area contributed by atoms with E-state index in [1.165, 1.54) is 12.1 Å². The molecular formula is C13H19N3O3. The lowest BCUT2D eigenvalue weighted by Gasteiger charge is -2.05. The molecule has 1 rings (SSSR count). The molecule has 0 fully saturated rings. The number of nitro groups is 1. The molecule has 1 amide bonds. The van der Waals surface area contributed by atoms with Gasteiger partial charge in [-0.1, -0.05) is 19.1 Å². The van der Waals surface area contributed by atoms with Crippen LogP contribution in [0.5, 0.6) is 0 Å². The average Bonchev–Trinajstić information content (AvgIpc) is 2.39. The van der Waals surface area contributed by atoms with Crippen molar-refractivity contribution < 1.29 is 9.72 Å². The Labute approximate surface area is 112 Å². The Bertz CT molecular complexity index is 418. The Morgan fingerprint density at radius 2 is 1.95 bits per heavy atom. The van der Waals surface area contributed by atoms with Gasteiger partial charge in [-0.15, -0.1) is 0 Å². The molecule has 0 radical (unpaired) electrons. The fraction of sp³-hybridized carbons (Fsp3) is 0.462. The summed E-state index contributed by atoms with van der Waals surface area (Å²) in [4.78, 5) is 21.6. The van der Waals surface area contributed by atoms with Crippen LogP contribution in [-0.4, -0.2) is 30.5 Å². The van der Waals surface area contributed by atoms with Crippen LogP contribution in [0.2, 0.25) is 0 Å². The van der Waals surface area contributed by atoms with Crippen LogP contribution in [0.25, 0.3) is 0 Å². The monoisotopic (exact) mass is 265 g/mol. The maximum absolute atomic E-state index is 11.6. The molecule has 0 bridgehead atoms. The lowest BCUT2D eigenvalue weighted by Crippen LogP contribution is -2.28. The Kier molecular flexibility index (Phi) is 6.52. The van der Waals surface area contributed by atoms with Gasteiger partial charge in [0.1, 0.15) is 0 Å². The molecular weight excluding hydrogens is 246 g/mol. The Morgan fingerprint density at radius 1 is 1.26 bits per heavy atom. The summed E-state index contributed by atoms with van der Waals surface area (Å²) < 4.78 is 0. The van der Waals surface area contributed by atoms with Gasteiger partial charge < -0.3 is 10.6 Å². The molecule has 19 heavy (non-hydrogen) atoms. The highest BCUT2D eigenvalue weighted by Crippen LogP contribution is 2.12.